The maximum atomic E-state index is 13.1. The molecule has 1 aliphatic carbocycles. The van der Waals surface area contributed by atoms with Gasteiger partial charge < -0.3 is 10.2 Å². The van der Waals surface area contributed by atoms with Gasteiger partial charge in [0.1, 0.15) is 5.01 Å². The van der Waals surface area contributed by atoms with Gasteiger partial charge in [-0.25, -0.2) is 9.97 Å². The number of nitrogens with zero attached hydrogens (tertiary/aromatic N) is 3. The monoisotopic (exact) mass is 488 g/mol. The zero-order valence-electron chi connectivity index (χ0n) is 18.1. The highest BCUT2D eigenvalue weighted by atomic mass is 32.1. The number of carbonyl (C=O) groups is 3. The van der Waals surface area contributed by atoms with E-state index >= 15 is 0 Å². The fourth-order valence-electron chi connectivity index (χ4n) is 3.50. The molecule has 0 radical (unpaired) electrons. The lowest BCUT2D eigenvalue weighted by Gasteiger charge is -2.25. The molecule has 2 amide bonds. The largest absolute Gasteiger partial charge is 0.340 e. The van der Waals surface area contributed by atoms with Crippen molar-refractivity contribution in [2.75, 3.05) is 12.4 Å². The third-order valence-electron chi connectivity index (χ3n) is 5.52. The number of nitrogens with one attached hydrogen (secondary N) is 1. The number of Topliss-reactive ketones (excluding diaryl/α,β-unsaturated/α-hetero) is 1. The summed E-state index contributed by atoms with van der Waals surface area (Å²) in [5.74, 6) is -0.860. The van der Waals surface area contributed by atoms with E-state index in [0.29, 0.717) is 28.7 Å². The van der Waals surface area contributed by atoms with Gasteiger partial charge in [0.2, 0.25) is 11.8 Å². The van der Waals surface area contributed by atoms with Crippen LogP contribution < -0.4 is 5.32 Å². The van der Waals surface area contributed by atoms with Gasteiger partial charge in [-0.1, -0.05) is 31.3 Å². The molecular weight excluding hydrogens is 464 g/mol. The zero-order chi connectivity index (χ0) is 22.8. The Morgan fingerprint density at radius 3 is 2.81 bits per heavy atom. The van der Waals surface area contributed by atoms with E-state index in [-0.39, 0.29) is 29.9 Å². The second-order valence-electron chi connectivity index (χ2n) is 7.94. The van der Waals surface area contributed by atoms with Crippen LogP contribution in [0.3, 0.4) is 0 Å². The van der Waals surface area contributed by atoms with Gasteiger partial charge in [0, 0.05) is 31.2 Å². The summed E-state index contributed by atoms with van der Waals surface area (Å²) in [4.78, 5) is 50.3. The van der Waals surface area contributed by atoms with Crippen LogP contribution in [0.15, 0.2) is 22.9 Å². The minimum absolute atomic E-state index is 0.0896. The molecule has 4 rings (SSSR count). The van der Waals surface area contributed by atoms with Gasteiger partial charge in [-0.05, 0) is 17.9 Å². The number of fused-ring (bicyclic) bond motifs is 1. The van der Waals surface area contributed by atoms with Crippen molar-refractivity contribution in [1.82, 2.24) is 14.9 Å². The zero-order valence-corrected chi connectivity index (χ0v) is 20.5. The lowest BCUT2D eigenvalue weighted by molar-refractivity contribution is -0.134. The standard InChI is InChI=1S/C22H24N4O3S3/c1-4-12(2)19(28)25-22-24-15-8-13(9-16(27)18(15)32-22)21(29)26(3)10-14-11-31-20(23-14)17-6-5-7-30-17/h5-7,11-13H,4,8-10H2,1-3H3,(H,24,25,28)/t12-,13+/m1/s1. The number of anilines is 1. The maximum absolute atomic E-state index is 13.1. The van der Waals surface area contributed by atoms with Gasteiger partial charge in [-0.3, -0.25) is 14.4 Å². The Labute approximate surface area is 198 Å². The smallest absolute Gasteiger partial charge is 0.228 e. The predicted octanol–water partition coefficient (Wildman–Crippen LogP) is 4.72. The molecule has 0 spiro atoms. The minimum Gasteiger partial charge on any atom is -0.340 e. The summed E-state index contributed by atoms with van der Waals surface area (Å²) in [6.45, 7) is 4.19. The Morgan fingerprint density at radius 2 is 2.09 bits per heavy atom. The first-order valence-electron chi connectivity index (χ1n) is 10.4. The van der Waals surface area contributed by atoms with Crippen LogP contribution in [0.1, 0.15) is 47.7 Å². The number of hydrogen-bond donors (Lipinski definition) is 1. The molecule has 2 atom stereocenters. The fraction of sp³-hybridized carbons (Fsp3) is 0.409. The molecule has 0 aromatic carbocycles. The first-order valence-corrected chi connectivity index (χ1v) is 13.0. The SMILES string of the molecule is CC[C@@H](C)C(=O)Nc1nc2c(s1)C(=O)C[C@@H](C(=O)N(C)Cc1csc(-c3cccs3)n1)C2. The number of amides is 2. The molecule has 0 bridgehead atoms. The van der Waals surface area contributed by atoms with Crippen LogP contribution in [0.4, 0.5) is 5.13 Å². The van der Waals surface area contributed by atoms with Crippen LogP contribution in [0.5, 0.6) is 0 Å². The quantitative estimate of drug-likeness (QED) is 0.520. The van der Waals surface area contributed by atoms with E-state index in [9.17, 15) is 14.4 Å². The van der Waals surface area contributed by atoms with Gasteiger partial charge in [-0.15, -0.1) is 22.7 Å². The van der Waals surface area contributed by atoms with Gasteiger partial charge in [0.15, 0.2) is 10.9 Å². The van der Waals surface area contributed by atoms with Gasteiger partial charge in [-0.2, -0.15) is 0 Å². The molecule has 0 unspecified atom stereocenters. The summed E-state index contributed by atoms with van der Waals surface area (Å²) in [6.07, 6.45) is 1.29. The first-order chi connectivity index (χ1) is 15.4. The Hall–Kier alpha value is -2.43. The molecule has 0 saturated carbocycles. The Kier molecular flexibility index (Phi) is 6.82. The predicted molar refractivity (Wildman–Crippen MR) is 128 cm³/mol. The highest BCUT2D eigenvalue weighted by Gasteiger charge is 2.34. The van der Waals surface area contributed by atoms with E-state index in [4.69, 9.17) is 0 Å². The minimum atomic E-state index is -0.449. The van der Waals surface area contributed by atoms with Crippen molar-refractivity contribution < 1.29 is 14.4 Å². The van der Waals surface area contributed by atoms with Crippen LogP contribution >= 0.6 is 34.0 Å². The molecule has 1 aliphatic rings. The molecular formula is C22H24N4O3S3. The van der Waals surface area contributed by atoms with E-state index < -0.39 is 5.92 Å². The highest BCUT2D eigenvalue weighted by Crippen LogP contribution is 2.34. The van der Waals surface area contributed by atoms with E-state index in [2.05, 4.69) is 15.3 Å². The second-order valence-corrected chi connectivity index (χ2v) is 10.7. The van der Waals surface area contributed by atoms with Gasteiger partial charge >= 0.3 is 0 Å². The normalized spacial score (nSPS) is 16.5. The van der Waals surface area contributed by atoms with Crippen LogP contribution in [-0.4, -0.2) is 39.5 Å². The van der Waals surface area contributed by atoms with Crippen molar-refractivity contribution in [2.45, 2.75) is 39.7 Å². The third kappa shape index (κ3) is 4.82. The summed E-state index contributed by atoms with van der Waals surface area (Å²) in [6, 6.07) is 4.02. The number of ketones is 1. The van der Waals surface area contributed by atoms with Crippen LogP contribution in [0.25, 0.3) is 9.88 Å². The summed E-state index contributed by atoms with van der Waals surface area (Å²) >= 11 is 4.40. The lowest BCUT2D eigenvalue weighted by Crippen LogP contribution is -2.36. The summed E-state index contributed by atoms with van der Waals surface area (Å²) in [5, 5.41) is 8.16. The molecule has 7 nitrogen and oxygen atoms in total. The fourth-order valence-corrected chi connectivity index (χ4v) is 6.07. The van der Waals surface area contributed by atoms with E-state index in [0.717, 1.165) is 22.0 Å². The maximum Gasteiger partial charge on any atom is 0.228 e. The molecule has 10 heteroatoms. The Balaban J connectivity index is 1.41. The second kappa shape index (κ2) is 9.60. The van der Waals surface area contributed by atoms with E-state index in [1.807, 2.05) is 36.7 Å². The molecule has 0 fully saturated rings. The van der Waals surface area contributed by atoms with Crippen molar-refractivity contribution in [1.29, 1.82) is 0 Å². The van der Waals surface area contributed by atoms with Crippen LogP contribution in [-0.2, 0) is 22.6 Å². The highest BCUT2D eigenvalue weighted by molar-refractivity contribution is 7.20. The summed E-state index contributed by atoms with van der Waals surface area (Å²) < 4.78 is 0. The van der Waals surface area contributed by atoms with Crippen LogP contribution in [0.2, 0.25) is 0 Å². The number of carbonyl (C=O) groups excluding carboxylic acids is 3. The van der Waals surface area contributed by atoms with Gasteiger partial charge in [0.05, 0.1) is 33.6 Å². The van der Waals surface area contributed by atoms with Crippen LogP contribution in [0, 0.1) is 11.8 Å². The lowest BCUT2D eigenvalue weighted by atomic mass is 9.89. The molecule has 3 aromatic rings. The van der Waals surface area contributed by atoms with Crippen molar-refractivity contribution in [3.63, 3.8) is 0 Å². The van der Waals surface area contributed by atoms with Crippen molar-refractivity contribution in [3.05, 3.63) is 39.2 Å². The third-order valence-corrected chi connectivity index (χ3v) is 8.50. The molecule has 3 heterocycles. The summed E-state index contributed by atoms with van der Waals surface area (Å²) in [5.41, 5.74) is 1.44. The average Bonchev–Trinajstić information content (AvgIpc) is 3.52. The topological polar surface area (TPSA) is 92.3 Å². The number of aromatic nitrogens is 2. The van der Waals surface area contributed by atoms with Crippen molar-refractivity contribution in [3.8, 4) is 9.88 Å². The first kappa shape index (κ1) is 22.8. The molecule has 32 heavy (non-hydrogen) atoms. The number of thiophene rings is 1. The van der Waals surface area contributed by atoms with Crippen molar-refractivity contribution >= 4 is 56.7 Å². The molecule has 168 valence electrons. The molecule has 1 N–H and O–H groups in total. The number of rotatable bonds is 7. The van der Waals surface area contributed by atoms with Crippen molar-refractivity contribution in [2.24, 2.45) is 11.8 Å². The number of thiazole rings is 2. The summed E-state index contributed by atoms with van der Waals surface area (Å²) in [7, 11) is 1.74. The van der Waals surface area contributed by atoms with Gasteiger partial charge in [0.25, 0.3) is 0 Å². The average molecular weight is 489 g/mol. The molecule has 3 aromatic heterocycles. The number of hydrogen-bond acceptors (Lipinski definition) is 8. The Bertz CT molecular complexity index is 1140. The molecule has 0 saturated heterocycles. The van der Waals surface area contributed by atoms with E-state index in [1.54, 1.807) is 34.6 Å². The Morgan fingerprint density at radius 1 is 1.28 bits per heavy atom. The van der Waals surface area contributed by atoms with E-state index in [1.165, 1.54) is 11.3 Å². The molecule has 0 aliphatic heterocycles.